The molecule has 29 heavy (non-hydrogen) atoms. The molecule has 0 fully saturated rings. The number of amides is 1. The average molecular weight is 416 g/mol. The van der Waals surface area contributed by atoms with Gasteiger partial charge >= 0.3 is 0 Å². The van der Waals surface area contributed by atoms with Gasteiger partial charge in [-0.2, -0.15) is 0 Å². The summed E-state index contributed by atoms with van der Waals surface area (Å²) in [4.78, 5) is 16.2. The van der Waals surface area contributed by atoms with E-state index in [0.717, 1.165) is 0 Å². The van der Waals surface area contributed by atoms with Crippen LogP contribution in [-0.2, 0) is 16.4 Å². The molecule has 0 aliphatic carbocycles. The van der Waals surface area contributed by atoms with Gasteiger partial charge in [0.2, 0.25) is 0 Å². The molecule has 9 nitrogen and oxygen atoms in total. The summed E-state index contributed by atoms with van der Waals surface area (Å²) in [6.45, 7) is 0.359. The molecule has 0 spiro atoms. The first kappa shape index (κ1) is 20.4. The minimum Gasteiger partial charge on any atom is -0.497 e. The van der Waals surface area contributed by atoms with Crippen LogP contribution in [0.5, 0.6) is 5.75 Å². The van der Waals surface area contributed by atoms with E-state index >= 15 is 0 Å². The molecule has 10 heteroatoms. The largest absolute Gasteiger partial charge is 0.497 e. The van der Waals surface area contributed by atoms with Gasteiger partial charge in [-0.25, -0.2) is 18.9 Å². The fourth-order valence-corrected chi connectivity index (χ4v) is 3.85. The van der Waals surface area contributed by atoms with Gasteiger partial charge in [0.25, 0.3) is 5.91 Å². The maximum atomic E-state index is 12.7. The number of hydroxylamine groups is 1. The summed E-state index contributed by atoms with van der Waals surface area (Å²) >= 11 is 0. The third-order valence-corrected chi connectivity index (χ3v) is 5.78. The molecule has 2 aromatic carbocycles. The van der Waals surface area contributed by atoms with Gasteiger partial charge in [0.15, 0.2) is 9.84 Å². The van der Waals surface area contributed by atoms with Gasteiger partial charge in [-0.1, -0.05) is 12.1 Å². The molecular formula is C19H20N4O5S. The van der Waals surface area contributed by atoms with Crippen molar-refractivity contribution in [2.75, 3.05) is 18.3 Å². The van der Waals surface area contributed by atoms with Crippen molar-refractivity contribution in [3.63, 3.8) is 0 Å². The van der Waals surface area contributed by atoms with Gasteiger partial charge in [-0.05, 0) is 35.9 Å². The molecule has 1 amide bonds. The Balaban J connectivity index is 1.90. The number of carbonyl (C=O) groups is 1. The number of benzene rings is 2. The molecule has 0 unspecified atom stereocenters. The van der Waals surface area contributed by atoms with Crippen LogP contribution >= 0.6 is 0 Å². The summed E-state index contributed by atoms with van der Waals surface area (Å²) in [5.41, 5.74) is 2.68. The Kier molecular flexibility index (Phi) is 6.15. The van der Waals surface area contributed by atoms with E-state index in [1.807, 2.05) is 0 Å². The van der Waals surface area contributed by atoms with E-state index in [-0.39, 0.29) is 10.5 Å². The Hall–Kier alpha value is -3.37. The van der Waals surface area contributed by atoms with E-state index in [1.54, 1.807) is 53.0 Å². The van der Waals surface area contributed by atoms with Gasteiger partial charge in [-0.15, -0.1) is 0 Å². The maximum Gasteiger partial charge on any atom is 0.276 e. The van der Waals surface area contributed by atoms with Crippen molar-refractivity contribution in [2.24, 2.45) is 0 Å². The summed E-state index contributed by atoms with van der Waals surface area (Å²) in [6, 6.07) is 10.9. The minimum atomic E-state index is -3.69. The van der Waals surface area contributed by atoms with Gasteiger partial charge in [-0.3, -0.25) is 10.0 Å². The number of aromatic nitrogens is 2. The number of hydrogen-bond acceptors (Lipinski definition) is 7. The number of para-hydroxylation sites is 1. The highest BCUT2D eigenvalue weighted by Crippen LogP contribution is 2.24. The molecule has 0 aliphatic heterocycles. The number of methoxy groups -OCH3 is 1. The van der Waals surface area contributed by atoms with E-state index in [0.29, 0.717) is 23.5 Å². The standard InChI is InChI=1S/C19H20N4O5S/c1-28-15-5-7-16(8-6-15)29(26,27)13-21-18-14(11-23-10-9-20-12-23)3-2-4-17(18)19(24)22-25/h2-10,12,21,25H,11,13H2,1H3,(H,22,24). The first-order valence-electron chi connectivity index (χ1n) is 8.57. The highest BCUT2D eigenvalue weighted by atomic mass is 32.2. The zero-order valence-corrected chi connectivity index (χ0v) is 16.4. The molecule has 0 saturated heterocycles. The molecule has 0 radical (unpaired) electrons. The quantitative estimate of drug-likeness (QED) is 0.379. The molecular weight excluding hydrogens is 396 g/mol. The van der Waals surface area contributed by atoms with Crippen LogP contribution in [0.3, 0.4) is 0 Å². The fourth-order valence-electron chi connectivity index (χ4n) is 2.80. The Morgan fingerprint density at radius 2 is 1.97 bits per heavy atom. The van der Waals surface area contributed by atoms with Crippen molar-refractivity contribution in [1.82, 2.24) is 15.0 Å². The van der Waals surface area contributed by atoms with Gasteiger partial charge in [0.05, 0.1) is 36.1 Å². The maximum absolute atomic E-state index is 12.7. The number of anilines is 1. The van der Waals surface area contributed by atoms with E-state index in [4.69, 9.17) is 9.94 Å². The lowest BCUT2D eigenvalue weighted by Gasteiger charge is -2.16. The first-order valence-corrected chi connectivity index (χ1v) is 10.2. The van der Waals surface area contributed by atoms with Gasteiger partial charge in [0, 0.05) is 12.4 Å². The minimum absolute atomic E-state index is 0.117. The number of hydrogen-bond donors (Lipinski definition) is 3. The molecule has 0 aliphatic rings. The second kappa shape index (κ2) is 8.76. The molecule has 0 saturated carbocycles. The van der Waals surface area contributed by atoms with Crippen LogP contribution in [0.4, 0.5) is 5.69 Å². The number of ether oxygens (including phenoxy) is 1. The van der Waals surface area contributed by atoms with Crippen LogP contribution in [0.2, 0.25) is 0 Å². The van der Waals surface area contributed by atoms with E-state index in [2.05, 4.69) is 10.3 Å². The molecule has 0 bridgehead atoms. The van der Waals surface area contributed by atoms with Crippen LogP contribution in [0.15, 0.2) is 66.1 Å². The topological polar surface area (TPSA) is 123 Å². The summed E-state index contributed by atoms with van der Waals surface area (Å²) in [5.74, 6) is -0.641. The smallest absolute Gasteiger partial charge is 0.276 e. The average Bonchev–Trinajstić information content (AvgIpc) is 3.25. The predicted octanol–water partition coefficient (Wildman–Crippen LogP) is 1.90. The predicted molar refractivity (Wildman–Crippen MR) is 106 cm³/mol. The molecule has 1 aromatic heterocycles. The molecule has 3 N–H and O–H groups in total. The van der Waals surface area contributed by atoms with Crippen molar-refractivity contribution < 1.29 is 23.2 Å². The number of rotatable bonds is 8. The van der Waals surface area contributed by atoms with Crippen LogP contribution in [0, 0.1) is 0 Å². The van der Waals surface area contributed by atoms with Crippen molar-refractivity contribution in [3.05, 3.63) is 72.3 Å². The first-order chi connectivity index (χ1) is 13.9. The zero-order chi connectivity index (χ0) is 20.9. The van der Waals surface area contributed by atoms with Crippen molar-refractivity contribution >= 4 is 21.4 Å². The Labute approximate surface area is 167 Å². The number of imidazole rings is 1. The van der Waals surface area contributed by atoms with Gasteiger partial charge < -0.3 is 14.6 Å². The molecule has 3 rings (SSSR count). The fraction of sp³-hybridized carbons (Fsp3) is 0.158. The van der Waals surface area contributed by atoms with Crippen LogP contribution in [-0.4, -0.2) is 42.1 Å². The third-order valence-electron chi connectivity index (χ3n) is 4.27. The second-order valence-electron chi connectivity index (χ2n) is 6.13. The number of sulfone groups is 1. The number of nitrogens with zero attached hydrogens (tertiary/aromatic N) is 2. The van der Waals surface area contributed by atoms with Crippen molar-refractivity contribution in [3.8, 4) is 5.75 Å². The lowest BCUT2D eigenvalue weighted by Crippen LogP contribution is -2.23. The van der Waals surface area contributed by atoms with Crippen LogP contribution in [0.1, 0.15) is 15.9 Å². The summed E-state index contributed by atoms with van der Waals surface area (Å²) in [7, 11) is -2.20. The van der Waals surface area contributed by atoms with Crippen LogP contribution < -0.4 is 15.5 Å². The molecule has 1 heterocycles. The summed E-state index contributed by atoms with van der Waals surface area (Å²) in [5, 5.41) is 11.9. The van der Waals surface area contributed by atoms with E-state index in [1.165, 1.54) is 25.3 Å². The highest BCUT2D eigenvalue weighted by Gasteiger charge is 2.19. The zero-order valence-electron chi connectivity index (χ0n) is 15.6. The lowest BCUT2D eigenvalue weighted by atomic mass is 10.1. The summed E-state index contributed by atoms with van der Waals surface area (Å²) in [6.07, 6.45) is 4.97. The van der Waals surface area contributed by atoms with E-state index in [9.17, 15) is 13.2 Å². The summed E-state index contributed by atoms with van der Waals surface area (Å²) < 4.78 is 32.3. The van der Waals surface area contributed by atoms with Crippen molar-refractivity contribution in [1.29, 1.82) is 0 Å². The van der Waals surface area contributed by atoms with Gasteiger partial charge in [0.1, 0.15) is 11.6 Å². The number of nitrogens with one attached hydrogen (secondary N) is 2. The van der Waals surface area contributed by atoms with Crippen LogP contribution in [0.25, 0.3) is 0 Å². The SMILES string of the molecule is COc1ccc(S(=O)(=O)CNc2c(Cn3ccnc3)cccc2C(=O)NO)cc1. The monoisotopic (exact) mass is 416 g/mol. The van der Waals surface area contributed by atoms with Crippen molar-refractivity contribution in [2.45, 2.75) is 11.4 Å². The molecule has 152 valence electrons. The Bertz CT molecular complexity index is 1080. The highest BCUT2D eigenvalue weighted by molar-refractivity contribution is 7.91. The second-order valence-corrected chi connectivity index (χ2v) is 8.12. The Morgan fingerprint density at radius 3 is 2.59 bits per heavy atom. The molecule has 0 atom stereocenters. The third kappa shape index (κ3) is 4.73. The Morgan fingerprint density at radius 1 is 1.21 bits per heavy atom. The van der Waals surface area contributed by atoms with E-state index < -0.39 is 21.6 Å². The lowest BCUT2D eigenvalue weighted by molar-refractivity contribution is 0.0707. The normalized spacial score (nSPS) is 11.1. The number of carbonyl (C=O) groups excluding carboxylic acids is 1. The molecule has 3 aromatic rings.